The highest BCUT2D eigenvalue weighted by Gasteiger charge is 2.27. The van der Waals surface area contributed by atoms with Crippen LogP contribution >= 0.6 is 11.3 Å². The van der Waals surface area contributed by atoms with Gasteiger partial charge in [0.15, 0.2) is 5.13 Å². The van der Waals surface area contributed by atoms with Gasteiger partial charge in [-0.25, -0.2) is 4.98 Å². The van der Waals surface area contributed by atoms with Gasteiger partial charge in [0.1, 0.15) is 0 Å². The summed E-state index contributed by atoms with van der Waals surface area (Å²) in [7, 11) is 1.81. The second-order valence-electron chi connectivity index (χ2n) is 6.74. The first-order valence-electron chi connectivity index (χ1n) is 7.94. The van der Waals surface area contributed by atoms with Crippen molar-refractivity contribution >= 4 is 16.5 Å². The van der Waals surface area contributed by atoms with Gasteiger partial charge in [-0.1, -0.05) is 27.7 Å². The van der Waals surface area contributed by atoms with E-state index < -0.39 is 0 Å². The van der Waals surface area contributed by atoms with Crippen molar-refractivity contribution in [2.45, 2.75) is 58.6 Å². The van der Waals surface area contributed by atoms with Gasteiger partial charge in [-0.05, 0) is 19.4 Å². The van der Waals surface area contributed by atoms with Crippen LogP contribution in [0.5, 0.6) is 0 Å². The van der Waals surface area contributed by atoms with Crippen molar-refractivity contribution in [2.75, 3.05) is 31.6 Å². The van der Waals surface area contributed by atoms with Crippen molar-refractivity contribution in [3.8, 4) is 0 Å². The van der Waals surface area contributed by atoms with Crippen LogP contribution in [0, 0.1) is 0 Å². The third-order valence-electron chi connectivity index (χ3n) is 3.91. The smallest absolute Gasteiger partial charge is 0.185 e. The molecular weight excluding hydrogens is 282 g/mol. The minimum absolute atomic E-state index is 0.0932. The fraction of sp³-hybridized carbons (Fsp3) is 0.812. The van der Waals surface area contributed by atoms with Crippen LogP contribution in [0.25, 0.3) is 0 Å². The van der Waals surface area contributed by atoms with Crippen molar-refractivity contribution in [3.05, 3.63) is 10.6 Å². The molecule has 4 nitrogen and oxygen atoms in total. The third-order valence-corrected chi connectivity index (χ3v) is 5.03. The van der Waals surface area contributed by atoms with E-state index in [4.69, 9.17) is 9.72 Å². The highest BCUT2D eigenvalue weighted by molar-refractivity contribution is 7.15. The largest absolute Gasteiger partial charge is 0.380 e. The van der Waals surface area contributed by atoms with Crippen LogP contribution in [0.3, 0.4) is 0 Å². The maximum absolute atomic E-state index is 5.53. The highest BCUT2D eigenvalue weighted by Crippen LogP contribution is 2.35. The number of aromatic nitrogens is 1. The van der Waals surface area contributed by atoms with Gasteiger partial charge in [0.25, 0.3) is 0 Å². The second-order valence-corrected chi connectivity index (χ2v) is 7.81. The monoisotopic (exact) mass is 311 g/mol. The minimum Gasteiger partial charge on any atom is -0.380 e. The van der Waals surface area contributed by atoms with E-state index in [1.807, 2.05) is 18.4 Å². The number of piperidine rings is 1. The van der Waals surface area contributed by atoms with E-state index in [9.17, 15) is 0 Å². The Kier molecular flexibility index (Phi) is 5.63. The average molecular weight is 311 g/mol. The van der Waals surface area contributed by atoms with Gasteiger partial charge in [0.05, 0.1) is 11.8 Å². The lowest BCUT2D eigenvalue weighted by Crippen LogP contribution is -2.39. The van der Waals surface area contributed by atoms with Gasteiger partial charge in [-0.2, -0.15) is 0 Å². The van der Waals surface area contributed by atoms with E-state index in [1.165, 1.54) is 17.0 Å². The Morgan fingerprint density at radius 2 is 2.19 bits per heavy atom. The Balaban J connectivity index is 2.21. The molecule has 0 bridgehead atoms. The van der Waals surface area contributed by atoms with Crippen molar-refractivity contribution in [1.29, 1.82) is 0 Å². The molecule has 1 fully saturated rings. The molecule has 1 aromatic heterocycles. The zero-order chi connectivity index (χ0) is 15.5. The fourth-order valence-electron chi connectivity index (χ4n) is 2.72. The second kappa shape index (κ2) is 7.07. The first kappa shape index (κ1) is 16.7. The standard InChI is InChI=1S/C16H29N3OS/c1-6-17-10-13-14(16(2,3)4)18-15(21-13)19-9-7-8-12(11-19)20-5/h12,17H,6-11H2,1-5H3. The highest BCUT2D eigenvalue weighted by atomic mass is 32.1. The minimum atomic E-state index is 0.0932. The van der Waals surface area contributed by atoms with Crippen LogP contribution in [-0.4, -0.2) is 37.8 Å². The molecule has 0 radical (unpaired) electrons. The van der Waals surface area contributed by atoms with E-state index in [2.05, 4.69) is 37.9 Å². The zero-order valence-electron chi connectivity index (χ0n) is 14.0. The van der Waals surface area contributed by atoms with Crippen LogP contribution in [0.2, 0.25) is 0 Å². The molecule has 1 aliphatic heterocycles. The number of rotatable bonds is 5. The summed E-state index contributed by atoms with van der Waals surface area (Å²) >= 11 is 1.84. The number of nitrogens with one attached hydrogen (secondary N) is 1. The first-order valence-corrected chi connectivity index (χ1v) is 8.76. The third kappa shape index (κ3) is 4.18. The molecule has 1 saturated heterocycles. The quantitative estimate of drug-likeness (QED) is 0.906. The summed E-state index contributed by atoms with van der Waals surface area (Å²) in [6.07, 6.45) is 2.69. The number of methoxy groups -OCH3 is 1. The molecule has 2 heterocycles. The number of ether oxygens (including phenoxy) is 1. The summed E-state index contributed by atoms with van der Waals surface area (Å²) in [5.74, 6) is 0. The van der Waals surface area contributed by atoms with Crippen molar-refractivity contribution in [1.82, 2.24) is 10.3 Å². The van der Waals surface area contributed by atoms with Gasteiger partial charge in [-0.15, -0.1) is 11.3 Å². The summed E-state index contributed by atoms with van der Waals surface area (Å²) in [6.45, 7) is 12.9. The number of nitrogens with zero attached hydrogens (tertiary/aromatic N) is 2. The number of anilines is 1. The van der Waals surface area contributed by atoms with Crippen molar-refractivity contribution < 1.29 is 4.74 Å². The topological polar surface area (TPSA) is 37.4 Å². The molecule has 5 heteroatoms. The molecule has 0 aromatic carbocycles. The molecule has 1 N–H and O–H groups in total. The lowest BCUT2D eigenvalue weighted by atomic mass is 9.91. The molecule has 21 heavy (non-hydrogen) atoms. The number of thiazole rings is 1. The van der Waals surface area contributed by atoms with E-state index in [0.29, 0.717) is 6.10 Å². The number of hydrogen-bond donors (Lipinski definition) is 1. The summed E-state index contributed by atoms with van der Waals surface area (Å²) in [6, 6.07) is 0. The molecule has 0 spiro atoms. The molecule has 0 aliphatic carbocycles. The maximum Gasteiger partial charge on any atom is 0.185 e. The molecule has 120 valence electrons. The summed E-state index contributed by atoms with van der Waals surface area (Å²) in [4.78, 5) is 8.75. The van der Waals surface area contributed by atoms with E-state index in [-0.39, 0.29) is 5.41 Å². The van der Waals surface area contributed by atoms with E-state index in [1.54, 1.807) is 0 Å². The zero-order valence-corrected chi connectivity index (χ0v) is 14.8. The SMILES string of the molecule is CCNCc1sc(N2CCCC(OC)C2)nc1C(C)(C)C. The predicted molar refractivity (Wildman–Crippen MR) is 90.4 cm³/mol. The Morgan fingerprint density at radius 3 is 2.81 bits per heavy atom. The van der Waals surface area contributed by atoms with Crippen molar-refractivity contribution in [2.24, 2.45) is 0 Å². The molecule has 1 atom stereocenters. The van der Waals surface area contributed by atoms with Gasteiger partial charge < -0.3 is 15.0 Å². The molecule has 1 aliphatic rings. The van der Waals surface area contributed by atoms with Crippen LogP contribution < -0.4 is 10.2 Å². The lowest BCUT2D eigenvalue weighted by molar-refractivity contribution is 0.0893. The average Bonchev–Trinajstić information content (AvgIpc) is 2.89. The summed E-state index contributed by atoms with van der Waals surface area (Å²) in [5.41, 5.74) is 1.33. The predicted octanol–water partition coefficient (Wildman–Crippen LogP) is 3.17. The molecular formula is C16H29N3OS. The molecule has 1 unspecified atom stereocenters. The fourth-order valence-corrected chi connectivity index (χ4v) is 4.00. The summed E-state index contributed by atoms with van der Waals surface area (Å²) < 4.78 is 5.53. The van der Waals surface area contributed by atoms with Gasteiger partial charge >= 0.3 is 0 Å². The molecule has 2 rings (SSSR count). The van der Waals surface area contributed by atoms with Crippen LogP contribution in [-0.2, 0) is 16.7 Å². The maximum atomic E-state index is 5.53. The Morgan fingerprint density at radius 1 is 1.43 bits per heavy atom. The Hall–Kier alpha value is -0.650. The van der Waals surface area contributed by atoms with Crippen molar-refractivity contribution in [3.63, 3.8) is 0 Å². The lowest BCUT2D eigenvalue weighted by Gasteiger charge is -2.31. The normalized spacial score (nSPS) is 20.0. The van der Waals surface area contributed by atoms with Gasteiger partial charge in [0, 0.05) is 37.0 Å². The van der Waals surface area contributed by atoms with Crippen LogP contribution in [0.1, 0.15) is 51.1 Å². The Labute approximate surface area is 132 Å². The van der Waals surface area contributed by atoms with Crippen LogP contribution in [0.4, 0.5) is 5.13 Å². The number of hydrogen-bond acceptors (Lipinski definition) is 5. The summed E-state index contributed by atoms with van der Waals surface area (Å²) in [5, 5.41) is 4.60. The first-order chi connectivity index (χ1) is 9.95. The van der Waals surface area contributed by atoms with E-state index in [0.717, 1.165) is 37.7 Å². The van der Waals surface area contributed by atoms with Gasteiger partial charge in [0.2, 0.25) is 0 Å². The Bertz CT molecular complexity index is 453. The van der Waals surface area contributed by atoms with E-state index >= 15 is 0 Å². The molecule has 0 saturated carbocycles. The van der Waals surface area contributed by atoms with Gasteiger partial charge in [-0.3, -0.25) is 0 Å². The molecule has 1 aromatic rings. The van der Waals surface area contributed by atoms with Crippen LogP contribution in [0.15, 0.2) is 0 Å². The molecule has 0 amide bonds.